The molecule has 1 aliphatic rings. The van der Waals surface area contributed by atoms with E-state index < -0.39 is 18.5 Å². The molecule has 1 aromatic carbocycles. The lowest BCUT2D eigenvalue weighted by Crippen LogP contribution is -2.35. The number of carbonyl (C=O) groups excluding carboxylic acids is 2. The number of esters is 1. The smallest absolute Gasteiger partial charge is 0.341 e. The van der Waals surface area contributed by atoms with Crippen LogP contribution in [-0.4, -0.2) is 51.8 Å². The fourth-order valence-corrected chi connectivity index (χ4v) is 4.87. The number of halogens is 2. The van der Waals surface area contributed by atoms with E-state index in [0.29, 0.717) is 17.3 Å². The summed E-state index contributed by atoms with van der Waals surface area (Å²) in [5.74, 6) is -1.17. The van der Waals surface area contributed by atoms with Gasteiger partial charge in [-0.05, 0) is 56.2 Å². The first-order valence-corrected chi connectivity index (χ1v) is 13.1. The highest BCUT2D eigenvalue weighted by Gasteiger charge is 2.24. The molecule has 10 nitrogen and oxygen atoms in total. The molecule has 1 amide bonds. The number of hydrogen-bond donors (Lipinski definition) is 0. The van der Waals surface area contributed by atoms with Crippen molar-refractivity contribution in [1.82, 2.24) is 14.0 Å². The molecule has 202 valence electrons. The van der Waals surface area contributed by atoms with Crippen LogP contribution in [0.25, 0.3) is 16.7 Å². The Morgan fingerprint density at radius 3 is 2.79 bits per heavy atom. The van der Waals surface area contributed by atoms with Gasteiger partial charge in [0.2, 0.25) is 0 Å². The lowest BCUT2D eigenvalue weighted by atomic mass is 10.2. The van der Waals surface area contributed by atoms with Crippen LogP contribution in [0.15, 0.2) is 58.4 Å². The first kappa shape index (κ1) is 26.9. The number of pyridine rings is 2. The molecule has 1 saturated heterocycles. The normalized spacial score (nSPS) is 15.7. The van der Waals surface area contributed by atoms with Crippen LogP contribution >= 0.6 is 23.2 Å². The number of aromatic nitrogens is 3. The van der Waals surface area contributed by atoms with Crippen LogP contribution in [0.2, 0.25) is 10.0 Å². The third kappa shape index (κ3) is 5.68. The highest BCUT2D eigenvalue weighted by molar-refractivity contribution is 6.35. The monoisotopic (exact) mass is 570 g/mol. The Bertz CT molecular complexity index is 1710. The van der Waals surface area contributed by atoms with Gasteiger partial charge in [0.15, 0.2) is 12.1 Å². The van der Waals surface area contributed by atoms with Crippen LogP contribution in [0.1, 0.15) is 30.1 Å². The van der Waals surface area contributed by atoms with E-state index in [1.807, 2.05) is 0 Å². The number of rotatable bonds is 7. The fourth-order valence-electron chi connectivity index (χ4n) is 4.40. The molecular weight excluding hydrogens is 547 g/mol. The Kier molecular flexibility index (Phi) is 7.97. The molecule has 0 saturated carbocycles. The van der Waals surface area contributed by atoms with Gasteiger partial charge >= 0.3 is 5.97 Å². The van der Waals surface area contributed by atoms with Crippen LogP contribution in [0.5, 0.6) is 5.75 Å². The Morgan fingerprint density at radius 2 is 2.05 bits per heavy atom. The third-order valence-electron chi connectivity index (χ3n) is 6.17. The molecule has 0 aliphatic carbocycles. The molecule has 5 rings (SSSR count). The molecule has 0 unspecified atom stereocenters. The maximum Gasteiger partial charge on any atom is 0.341 e. The molecule has 0 bridgehead atoms. The van der Waals surface area contributed by atoms with E-state index in [2.05, 4.69) is 4.99 Å². The van der Waals surface area contributed by atoms with Gasteiger partial charge in [0, 0.05) is 17.8 Å². The van der Waals surface area contributed by atoms with Gasteiger partial charge in [0.05, 0.1) is 29.7 Å². The predicted octanol–water partition coefficient (Wildman–Crippen LogP) is 3.82. The zero-order chi connectivity index (χ0) is 27.5. The Hall–Kier alpha value is -3.73. The van der Waals surface area contributed by atoms with Crippen LogP contribution < -0.4 is 15.8 Å². The summed E-state index contributed by atoms with van der Waals surface area (Å²) in [7, 11) is 0. The number of ether oxygens (including phenoxy) is 3. The molecule has 39 heavy (non-hydrogen) atoms. The molecule has 0 N–H and O–H groups in total. The van der Waals surface area contributed by atoms with Crippen molar-refractivity contribution in [1.29, 1.82) is 0 Å². The van der Waals surface area contributed by atoms with Crippen molar-refractivity contribution >= 4 is 51.8 Å². The van der Waals surface area contributed by atoms with Gasteiger partial charge in [-0.25, -0.2) is 9.78 Å². The molecule has 3 aromatic heterocycles. The quantitative estimate of drug-likeness (QED) is 0.245. The first-order valence-electron chi connectivity index (χ1n) is 12.3. The van der Waals surface area contributed by atoms with Gasteiger partial charge in [-0.15, -0.1) is 0 Å². The van der Waals surface area contributed by atoms with Crippen molar-refractivity contribution < 1.29 is 23.8 Å². The zero-order valence-corrected chi connectivity index (χ0v) is 22.4. The highest BCUT2D eigenvalue weighted by atomic mass is 35.5. The van der Waals surface area contributed by atoms with Crippen LogP contribution in [0.3, 0.4) is 0 Å². The predicted molar refractivity (Wildman–Crippen MR) is 144 cm³/mol. The van der Waals surface area contributed by atoms with E-state index in [0.717, 1.165) is 12.8 Å². The van der Waals surface area contributed by atoms with E-state index in [1.165, 1.54) is 22.6 Å². The topological polar surface area (TPSA) is 113 Å². The van der Waals surface area contributed by atoms with Crippen LogP contribution in [-0.2, 0) is 20.8 Å². The maximum absolute atomic E-state index is 13.4. The van der Waals surface area contributed by atoms with Gasteiger partial charge in [-0.1, -0.05) is 29.3 Å². The van der Waals surface area contributed by atoms with E-state index in [1.54, 1.807) is 42.0 Å². The summed E-state index contributed by atoms with van der Waals surface area (Å²) in [6.07, 6.45) is 3.00. The number of hydrogen-bond acceptors (Lipinski definition) is 7. The van der Waals surface area contributed by atoms with Crippen molar-refractivity contribution in [2.24, 2.45) is 4.99 Å². The molecule has 1 aliphatic heterocycles. The fraction of sp³-hybridized carbons (Fsp3) is 0.296. The van der Waals surface area contributed by atoms with Crippen molar-refractivity contribution in [2.75, 3.05) is 19.8 Å². The van der Waals surface area contributed by atoms with Gasteiger partial charge in [0.25, 0.3) is 11.5 Å². The van der Waals surface area contributed by atoms with Gasteiger partial charge in [-0.3, -0.25) is 14.0 Å². The minimum atomic E-state index is -0.730. The standard InChI is InChI=1S/C27H24Cl2N4O6/c1-2-37-27(36)19-13-18-24(30-22-7-3-4-10-32(22)26(18)35)33(14-17-6-5-11-38-17)25(19)31-23(34)15-39-21-9-8-16(28)12-20(21)29/h3-4,7-10,12-13,17H,2,5-6,11,14-15H2,1H3/t17-/m1/s1. The second-order valence-corrected chi connectivity index (χ2v) is 9.64. The number of nitrogens with zero attached hydrogens (tertiary/aromatic N) is 4. The Morgan fingerprint density at radius 1 is 1.21 bits per heavy atom. The van der Waals surface area contributed by atoms with E-state index in [-0.39, 0.29) is 57.7 Å². The lowest BCUT2D eigenvalue weighted by Gasteiger charge is -2.18. The van der Waals surface area contributed by atoms with E-state index >= 15 is 0 Å². The third-order valence-corrected chi connectivity index (χ3v) is 6.70. The van der Waals surface area contributed by atoms with Crippen molar-refractivity contribution in [2.45, 2.75) is 32.4 Å². The molecule has 4 heterocycles. The van der Waals surface area contributed by atoms with E-state index in [9.17, 15) is 14.4 Å². The molecule has 1 fully saturated rings. The van der Waals surface area contributed by atoms with Crippen LogP contribution in [0.4, 0.5) is 0 Å². The Balaban J connectivity index is 1.69. The van der Waals surface area contributed by atoms with Crippen molar-refractivity contribution in [3.63, 3.8) is 0 Å². The molecule has 1 atom stereocenters. The van der Waals surface area contributed by atoms with E-state index in [4.69, 9.17) is 42.4 Å². The average molecular weight is 571 g/mol. The summed E-state index contributed by atoms with van der Waals surface area (Å²) in [4.78, 5) is 48.5. The Labute approximate surface area is 232 Å². The summed E-state index contributed by atoms with van der Waals surface area (Å²) >= 11 is 12.1. The number of fused-ring (bicyclic) bond motifs is 2. The number of carbonyl (C=O) groups is 2. The summed E-state index contributed by atoms with van der Waals surface area (Å²) in [5, 5.41) is 0.832. The minimum Gasteiger partial charge on any atom is -0.482 e. The van der Waals surface area contributed by atoms with Crippen LogP contribution in [0, 0.1) is 0 Å². The first-order chi connectivity index (χ1) is 18.9. The second-order valence-electron chi connectivity index (χ2n) is 8.80. The number of benzene rings is 1. The summed E-state index contributed by atoms with van der Waals surface area (Å²) in [5.41, 5.74) is 0.246. The molecule has 0 spiro atoms. The zero-order valence-electron chi connectivity index (χ0n) is 20.9. The summed E-state index contributed by atoms with van der Waals surface area (Å²) in [6, 6.07) is 11.2. The highest BCUT2D eigenvalue weighted by Crippen LogP contribution is 2.27. The van der Waals surface area contributed by atoms with Gasteiger partial charge < -0.3 is 18.8 Å². The van der Waals surface area contributed by atoms with Crippen molar-refractivity contribution in [3.8, 4) is 5.75 Å². The number of amides is 1. The second kappa shape index (κ2) is 11.6. The SMILES string of the molecule is CCOC(=O)c1cc2c(=O)n3ccccc3nc2n(C[C@H]2CCCO2)c1=NC(=O)COc1ccc(Cl)cc1Cl. The maximum atomic E-state index is 13.4. The molecular formula is C27H24Cl2N4O6. The lowest BCUT2D eigenvalue weighted by molar-refractivity contribution is -0.120. The largest absolute Gasteiger partial charge is 0.482 e. The van der Waals surface area contributed by atoms with Gasteiger partial charge in [-0.2, -0.15) is 4.99 Å². The summed E-state index contributed by atoms with van der Waals surface area (Å²) < 4.78 is 19.6. The molecule has 12 heteroatoms. The van der Waals surface area contributed by atoms with Gasteiger partial charge in [0.1, 0.15) is 22.6 Å². The molecule has 0 radical (unpaired) electrons. The summed E-state index contributed by atoms with van der Waals surface area (Å²) in [6.45, 7) is 2.09. The minimum absolute atomic E-state index is 0.000524. The van der Waals surface area contributed by atoms with Crippen molar-refractivity contribution in [3.05, 3.63) is 80.1 Å². The molecule has 4 aromatic rings. The average Bonchev–Trinajstić information content (AvgIpc) is 3.43.